The Bertz CT molecular complexity index is 739. The molecule has 0 saturated carbocycles. The standard InChI is InChI=1S/C21H29N3O5S/c1-28-19(25)17(10-13-30-2)22-20(26)23-11-8-16(9-12-23)24-18(14-29-21(24)27)15-6-4-3-5-7-15/h3-7,16-18H,8-14H2,1-2H3,(H,22,26). The van der Waals surface area contributed by atoms with Gasteiger partial charge in [0.05, 0.1) is 13.2 Å². The first-order chi connectivity index (χ1) is 14.5. The summed E-state index contributed by atoms with van der Waals surface area (Å²) < 4.78 is 10.1. The molecule has 2 fully saturated rings. The molecule has 0 aliphatic carbocycles. The van der Waals surface area contributed by atoms with E-state index in [0.29, 0.717) is 39.0 Å². The molecule has 2 heterocycles. The van der Waals surface area contributed by atoms with Crippen molar-refractivity contribution in [3.63, 3.8) is 0 Å². The molecular formula is C21H29N3O5S. The normalized spacial score (nSPS) is 20.6. The second kappa shape index (κ2) is 10.6. The monoisotopic (exact) mass is 435 g/mol. The molecule has 1 aromatic rings. The number of amides is 3. The summed E-state index contributed by atoms with van der Waals surface area (Å²) in [7, 11) is 1.32. The van der Waals surface area contributed by atoms with Crippen molar-refractivity contribution < 1.29 is 23.9 Å². The van der Waals surface area contributed by atoms with E-state index in [1.54, 1.807) is 16.7 Å². The maximum absolute atomic E-state index is 12.7. The molecule has 2 aliphatic rings. The quantitative estimate of drug-likeness (QED) is 0.663. The van der Waals surface area contributed by atoms with Gasteiger partial charge < -0.3 is 19.7 Å². The predicted molar refractivity (Wildman–Crippen MR) is 114 cm³/mol. The molecule has 3 rings (SSSR count). The molecule has 3 amide bonds. The van der Waals surface area contributed by atoms with Gasteiger partial charge in [-0.3, -0.25) is 4.90 Å². The van der Waals surface area contributed by atoms with Crippen LogP contribution in [0.1, 0.15) is 30.9 Å². The number of benzene rings is 1. The lowest BCUT2D eigenvalue weighted by molar-refractivity contribution is -0.142. The van der Waals surface area contributed by atoms with E-state index in [4.69, 9.17) is 9.47 Å². The number of nitrogens with zero attached hydrogens (tertiary/aromatic N) is 2. The third-order valence-corrected chi connectivity index (χ3v) is 6.28. The fourth-order valence-electron chi connectivity index (χ4n) is 3.98. The van der Waals surface area contributed by atoms with Crippen LogP contribution in [0, 0.1) is 0 Å². The highest BCUT2D eigenvalue weighted by Crippen LogP contribution is 2.33. The minimum atomic E-state index is -0.649. The topological polar surface area (TPSA) is 88.2 Å². The van der Waals surface area contributed by atoms with Crippen molar-refractivity contribution >= 4 is 29.9 Å². The fraction of sp³-hybridized carbons (Fsp3) is 0.571. The smallest absolute Gasteiger partial charge is 0.410 e. The molecule has 164 valence electrons. The van der Waals surface area contributed by atoms with Crippen LogP contribution in [0.15, 0.2) is 30.3 Å². The van der Waals surface area contributed by atoms with Crippen LogP contribution in [0.4, 0.5) is 9.59 Å². The average Bonchev–Trinajstić information content (AvgIpc) is 3.18. The largest absolute Gasteiger partial charge is 0.467 e. The van der Waals surface area contributed by atoms with Crippen LogP contribution < -0.4 is 5.32 Å². The Balaban J connectivity index is 1.57. The van der Waals surface area contributed by atoms with Gasteiger partial charge in [0.15, 0.2) is 0 Å². The minimum Gasteiger partial charge on any atom is -0.467 e. The van der Waals surface area contributed by atoms with Crippen molar-refractivity contribution in [2.45, 2.75) is 37.4 Å². The third kappa shape index (κ3) is 5.19. The Morgan fingerprint density at radius 3 is 2.60 bits per heavy atom. The maximum Gasteiger partial charge on any atom is 0.410 e. The van der Waals surface area contributed by atoms with Gasteiger partial charge in [0.2, 0.25) is 0 Å². The maximum atomic E-state index is 12.7. The van der Waals surface area contributed by atoms with Gasteiger partial charge in [-0.25, -0.2) is 14.4 Å². The zero-order chi connectivity index (χ0) is 21.5. The molecular weight excluding hydrogens is 406 g/mol. The van der Waals surface area contributed by atoms with Crippen LogP contribution in [0.2, 0.25) is 0 Å². The van der Waals surface area contributed by atoms with Crippen molar-refractivity contribution in [2.24, 2.45) is 0 Å². The van der Waals surface area contributed by atoms with E-state index in [1.807, 2.05) is 41.5 Å². The number of hydrogen-bond donors (Lipinski definition) is 1. The summed E-state index contributed by atoms with van der Waals surface area (Å²) in [6.07, 6.45) is 3.51. The van der Waals surface area contributed by atoms with Crippen molar-refractivity contribution in [1.29, 1.82) is 0 Å². The number of thioether (sulfide) groups is 1. The van der Waals surface area contributed by atoms with Crippen LogP contribution in [0.25, 0.3) is 0 Å². The fourth-order valence-corrected chi connectivity index (χ4v) is 4.45. The lowest BCUT2D eigenvalue weighted by atomic mass is 9.99. The average molecular weight is 436 g/mol. The van der Waals surface area contributed by atoms with E-state index in [-0.39, 0.29) is 24.2 Å². The van der Waals surface area contributed by atoms with Crippen molar-refractivity contribution in [2.75, 3.05) is 38.8 Å². The number of piperidine rings is 1. The zero-order valence-electron chi connectivity index (χ0n) is 17.4. The molecule has 8 nitrogen and oxygen atoms in total. The second-order valence-electron chi connectivity index (χ2n) is 7.44. The Hall–Kier alpha value is -2.42. The molecule has 30 heavy (non-hydrogen) atoms. The summed E-state index contributed by atoms with van der Waals surface area (Å²) >= 11 is 1.61. The first-order valence-corrected chi connectivity index (χ1v) is 11.6. The molecule has 2 unspecified atom stereocenters. The number of likely N-dealkylation sites (tertiary alicyclic amines) is 1. The van der Waals surface area contributed by atoms with Crippen molar-refractivity contribution in [3.8, 4) is 0 Å². The second-order valence-corrected chi connectivity index (χ2v) is 8.42. The van der Waals surface area contributed by atoms with E-state index in [2.05, 4.69) is 5.32 Å². The van der Waals surface area contributed by atoms with Gasteiger partial charge in [-0.15, -0.1) is 0 Å². The van der Waals surface area contributed by atoms with Gasteiger partial charge in [-0.05, 0) is 36.8 Å². The summed E-state index contributed by atoms with van der Waals surface area (Å²) in [5.74, 6) is 0.317. The van der Waals surface area contributed by atoms with Crippen molar-refractivity contribution in [3.05, 3.63) is 35.9 Å². The Morgan fingerprint density at radius 1 is 1.27 bits per heavy atom. The molecule has 9 heteroatoms. The molecule has 1 aromatic carbocycles. The van der Waals surface area contributed by atoms with Crippen LogP contribution in [0.3, 0.4) is 0 Å². The summed E-state index contributed by atoms with van der Waals surface area (Å²) in [5, 5.41) is 2.79. The first kappa shape index (κ1) is 22.3. The highest BCUT2D eigenvalue weighted by atomic mass is 32.2. The number of ether oxygens (including phenoxy) is 2. The SMILES string of the molecule is COC(=O)C(CCSC)NC(=O)N1CCC(N2C(=O)OCC2c2ccccc2)CC1. The highest BCUT2D eigenvalue weighted by molar-refractivity contribution is 7.98. The van der Waals surface area contributed by atoms with Gasteiger partial charge in [-0.2, -0.15) is 11.8 Å². The molecule has 1 N–H and O–H groups in total. The molecule has 2 saturated heterocycles. The Kier molecular flexibility index (Phi) is 7.84. The zero-order valence-corrected chi connectivity index (χ0v) is 18.2. The first-order valence-electron chi connectivity index (χ1n) is 10.2. The molecule has 0 radical (unpaired) electrons. The number of cyclic esters (lactones) is 1. The lowest BCUT2D eigenvalue weighted by Gasteiger charge is -2.38. The van der Waals surface area contributed by atoms with Crippen LogP contribution in [-0.2, 0) is 14.3 Å². The predicted octanol–water partition coefficient (Wildman–Crippen LogP) is 2.65. The van der Waals surface area contributed by atoms with Crippen molar-refractivity contribution in [1.82, 2.24) is 15.1 Å². The highest BCUT2D eigenvalue weighted by Gasteiger charge is 2.40. The molecule has 2 atom stereocenters. The van der Waals surface area contributed by atoms with E-state index < -0.39 is 12.0 Å². The van der Waals surface area contributed by atoms with E-state index >= 15 is 0 Å². The number of nitrogens with one attached hydrogen (secondary N) is 1. The van der Waals surface area contributed by atoms with Gasteiger partial charge in [-0.1, -0.05) is 30.3 Å². The number of urea groups is 1. The van der Waals surface area contributed by atoms with E-state index in [0.717, 1.165) is 11.3 Å². The molecule has 2 aliphatic heterocycles. The molecule has 0 spiro atoms. The van der Waals surface area contributed by atoms with E-state index in [9.17, 15) is 14.4 Å². The number of esters is 1. The van der Waals surface area contributed by atoms with Gasteiger partial charge in [0, 0.05) is 19.1 Å². The van der Waals surface area contributed by atoms with Crippen LogP contribution in [0.5, 0.6) is 0 Å². The summed E-state index contributed by atoms with van der Waals surface area (Å²) in [5.41, 5.74) is 1.05. The summed E-state index contributed by atoms with van der Waals surface area (Å²) in [4.78, 5) is 40.5. The Morgan fingerprint density at radius 2 is 1.97 bits per heavy atom. The van der Waals surface area contributed by atoms with E-state index in [1.165, 1.54) is 7.11 Å². The number of carbonyl (C=O) groups excluding carboxylic acids is 3. The minimum absolute atomic E-state index is 0.0159. The van der Waals surface area contributed by atoms with Gasteiger partial charge >= 0.3 is 18.1 Å². The summed E-state index contributed by atoms with van der Waals surface area (Å²) in [6.45, 7) is 1.37. The Labute approximate surface area is 181 Å². The van der Waals surface area contributed by atoms with Crippen LogP contribution >= 0.6 is 11.8 Å². The molecule has 0 aromatic heterocycles. The van der Waals surface area contributed by atoms with Crippen LogP contribution in [-0.4, -0.2) is 78.8 Å². The summed E-state index contributed by atoms with van der Waals surface area (Å²) in [6, 6.07) is 8.87. The number of hydrogen-bond acceptors (Lipinski definition) is 6. The number of carbonyl (C=O) groups is 3. The van der Waals surface area contributed by atoms with Gasteiger partial charge in [0.25, 0.3) is 0 Å². The third-order valence-electron chi connectivity index (χ3n) is 5.63. The van der Waals surface area contributed by atoms with Gasteiger partial charge in [0.1, 0.15) is 12.6 Å². The molecule has 0 bridgehead atoms. The number of methoxy groups -OCH3 is 1. The number of rotatable bonds is 7. The lowest BCUT2D eigenvalue weighted by Crippen LogP contribution is -2.53.